The number of hydrogen-bond acceptors (Lipinski definition) is 4. The number of amides is 3. The van der Waals surface area contributed by atoms with Gasteiger partial charge in [-0.3, -0.25) is 19.3 Å². The van der Waals surface area contributed by atoms with E-state index in [-0.39, 0.29) is 5.92 Å². The van der Waals surface area contributed by atoms with Gasteiger partial charge >= 0.3 is 0 Å². The molecule has 29 heavy (non-hydrogen) atoms. The quantitative estimate of drug-likeness (QED) is 0.715. The Morgan fingerprint density at radius 2 is 1.76 bits per heavy atom. The van der Waals surface area contributed by atoms with Crippen molar-refractivity contribution in [2.24, 2.45) is 5.92 Å². The van der Waals surface area contributed by atoms with Crippen LogP contribution in [-0.4, -0.2) is 35.8 Å². The van der Waals surface area contributed by atoms with Crippen LogP contribution in [0.15, 0.2) is 36.4 Å². The molecule has 2 atom stereocenters. The number of hydrogen-bond donors (Lipinski definition) is 1. The zero-order chi connectivity index (χ0) is 21.3. The molecule has 0 spiro atoms. The van der Waals surface area contributed by atoms with Crippen LogP contribution in [-0.2, 0) is 4.79 Å². The van der Waals surface area contributed by atoms with Gasteiger partial charge in [0.05, 0.1) is 23.9 Å². The number of fused-ring (bicyclic) bond motifs is 1. The summed E-state index contributed by atoms with van der Waals surface area (Å²) in [6.45, 7) is 5.57. The third-order valence-corrected chi connectivity index (χ3v) is 5.70. The topological polar surface area (TPSA) is 75.7 Å². The minimum absolute atomic E-state index is 0.239. The molecule has 0 saturated carbocycles. The molecular weight excluding hydrogens is 392 g/mol. The lowest BCUT2D eigenvalue weighted by molar-refractivity contribution is -0.121. The molecule has 2 aromatic rings. The first-order valence-corrected chi connectivity index (χ1v) is 9.79. The summed E-state index contributed by atoms with van der Waals surface area (Å²) in [4.78, 5) is 40.2. The number of nitrogens with zero attached hydrogens (tertiary/aromatic N) is 1. The van der Waals surface area contributed by atoms with Gasteiger partial charge in [-0.25, -0.2) is 0 Å². The Labute approximate surface area is 174 Å². The molecule has 2 unspecified atom stereocenters. The highest BCUT2D eigenvalue weighted by Crippen LogP contribution is 2.33. The number of ether oxygens (including phenoxy) is 1. The molecule has 0 bridgehead atoms. The van der Waals surface area contributed by atoms with Crippen molar-refractivity contribution in [2.45, 2.75) is 33.2 Å². The van der Waals surface area contributed by atoms with Gasteiger partial charge in [-0.05, 0) is 36.6 Å². The highest BCUT2D eigenvalue weighted by atomic mass is 35.5. The normalized spacial score (nSPS) is 15.1. The molecule has 1 aliphatic rings. The Balaban J connectivity index is 1.97. The molecule has 1 aliphatic heterocycles. The lowest BCUT2D eigenvalue weighted by Crippen LogP contribution is -2.50. The second-order valence-corrected chi connectivity index (χ2v) is 7.55. The zero-order valence-electron chi connectivity index (χ0n) is 16.8. The number of carbonyl (C=O) groups is 3. The van der Waals surface area contributed by atoms with E-state index in [2.05, 4.69) is 5.32 Å². The van der Waals surface area contributed by atoms with E-state index in [0.29, 0.717) is 34.0 Å². The Hall–Kier alpha value is -2.86. The second-order valence-electron chi connectivity index (χ2n) is 7.15. The fourth-order valence-electron chi connectivity index (χ4n) is 3.45. The third kappa shape index (κ3) is 3.72. The number of rotatable bonds is 6. The molecule has 1 heterocycles. The largest absolute Gasteiger partial charge is 0.495 e. The molecule has 0 aliphatic carbocycles. The highest BCUT2D eigenvalue weighted by Gasteiger charge is 2.44. The Morgan fingerprint density at radius 3 is 2.28 bits per heavy atom. The number of imide groups is 1. The number of nitrogens with one attached hydrogen (secondary N) is 1. The van der Waals surface area contributed by atoms with Gasteiger partial charge in [-0.15, -0.1) is 0 Å². The lowest BCUT2D eigenvalue weighted by atomic mass is 9.96. The van der Waals surface area contributed by atoms with Crippen LogP contribution in [0, 0.1) is 12.8 Å². The van der Waals surface area contributed by atoms with Crippen LogP contribution in [0.5, 0.6) is 5.75 Å². The third-order valence-electron chi connectivity index (χ3n) is 5.29. The molecule has 0 saturated heterocycles. The van der Waals surface area contributed by atoms with Crippen molar-refractivity contribution >= 4 is 35.0 Å². The summed E-state index contributed by atoms with van der Waals surface area (Å²) < 4.78 is 5.32. The van der Waals surface area contributed by atoms with Gasteiger partial charge in [0.2, 0.25) is 5.91 Å². The van der Waals surface area contributed by atoms with Crippen LogP contribution in [0.25, 0.3) is 0 Å². The number of carbonyl (C=O) groups excluding carboxylic acids is 3. The van der Waals surface area contributed by atoms with Gasteiger partial charge in [-0.2, -0.15) is 0 Å². The number of halogens is 1. The molecule has 0 radical (unpaired) electrons. The first kappa shape index (κ1) is 20.9. The number of aryl methyl sites for hydroxylation is 1. The summed E-state index contributed by atoms with van der Waals surface area (Å²) in [6, 6.07) is 8.98. The summed E-state index contributed by atoms with van der Waals surface area (Å²) in [7, 11) is 1.48. The monoisotopic (exact) mass is 414 g/mol. The van der Waals surface area contributed by atoms with Crippen molar-refractivity contribution in [3.8, 4) is 5.75 Å². The molecule has 3 rings (SSSR count). The van der Waals surface area contributed by atoms with E-state index in [0.717, 1.165) is 10.5 Å². The Bertz CT molecular complexity index is 954. The van der Waals surface area contributed by atoms with E-state index in [1.54, 1.807) is 36.4 Å². The van der Waals surface area contributed by atoms with E-state index in [1.165, 1.54) is 7.11 Å². The maximum atomic E-state index is 13.3. The predicted molar refractivity (Wildman–Crippen MR) is 112 cm³/mol. The van der Waals surface area contributed by atoms with E-state index in [4.69, 9.17) is 16.3 Å². The van der Waals surface area contributed by atoms with Gasteiger partial charge in [0.15, 0.2) is 0 Å². The molecule has 1 N–H and O–H groups in total. The van der Waals surface area contributed by atoms with Gasteiger partial charge < -0.3 is 10.1 Å². The van der Waals surface area contributed by atoms with Gasteiger partial charge in [-0.1, -0.05) is 44.0 Å². The predicted octanol–water partition coefficient (Wildman–Crippen LogP) is 4.31. The molecule has 0 aromatic heterocycles. The van der Waals surface area contributed by atoms with E-state index < -0.39 is 23.8 Å². The van der Waals surface area contributed by atoms with Gasteiger partial charge in [0, 0.05) is 11.1 Å². The molecule has 152 valence electrons. The molecule has 2 aromatic carbocycles. The molecule has 3 amide bonds. The average Bonchev–Trinajstić information content (AvgIpc) is 2.96. The van der Waals surface area contributed by atoms with E-state index in [9.17, 15) is 14.4 Å². The average molecular weight is 415 g/mol. The molecule has 0 fully saturated rings. The van der Waals surface area contributed by atoms with Crippen LogP contribution >= 0.6 is 11.6 Å². The van der Waals surface area contributed by atoms with Crippen LogP contribution in [0.3, 0.4) is 0 Å². The summed E-state index contributed by atoms with van der Waals surface area (Å²) in [5.74, 6) is -1.19. The molecule has 7 heteroatoms. The van der Waals surface area contributed by atoms with Gasteiger partial charge in [0.1, 0.15) is 11.8 Å². The number of benzene rings is 2. The fourth-order valence-corrected chi connectivity index (χ4v) is 3.60. The Morgan fingerprint density at radius 1 is 1.17 bits per heavy atom. The SMILES string of the molecule is CCC(C)C(C(=O)Nc1cc(C)c(Cl)cc1OC)N1C(=O)c2ccccc2C1=O. The fraction of sp³-hybridized carbons (Fsp3) is 0.318. The van der Waals surface area contributed by atoms with Crippen molar-refractivity contribution in [3.63, 3.8) is 0 Å². The van der Waals surface area contributed by atoms with E-state index in [1.807, 2.05) is 20.8 Å². The Kier molecular flexibility index (Phi) is 5.94. The van der Waals surface area contributed by atoms with Gasteiger partial charge in [0.25, 0.3) is 11.8 Å². The van der Waals surface area contributed by atoms with Crippen LogP contribution < -0.4 is 10.1 Å². The number of methoxy groups -OCH3 is 1. The van der Waals surface area contributed by atoms with Crippen molar-refractivity contribution < 1.29 is 19.1 Å². The maximum Gasteiger partial charge on any atom is 0.262 e. The minimum atomic E-state index is -0.951. The van der Waals surface area contributed by atoms with Crippen molar-refractivity contribution in [1.82, 2.24) is 4.90 Å². The van der Waals surface area contributed by atoms with E-state index >= 15 is 0 Å². The summed E-state index contributed by atoms with van der Waals surface area (Å²) in [5, 5.41) is 3.33. The van der Waals surface area contributed by atoms with Crippen molar-refractivity contribution in [3.05, 3.63) is 58.1 Å². The summed E-state index contributed by atoms with van der Waals surface area (Å²) >= 11 is 6.14. The van der Waals surface area contributed by atoms with Crippen LogP contribution in [0.2, 0.25) is 5.02 Å². The van der Waals surface area contributed by atoms with Crippen molar-refractivity contribution in [2.75, 3.05) is 12.4 Å². The smallest absolute Gasteiger partial charge is 0.262 e. The molecular formula is C22H23ClN2O4. The first-order valence-electron chi connectivity index (χ1n) is 9.42. The zero-order valence-corrected chi connectivity index (χ0v) is 17.5. The molecule has 6 nitrogen and oxygen atoms in total. The van der Waals surface area contributed by atoms with Crippen molar-refractivity contribution in [1.29, 1.82) is 0 Å². The minimum Gasteiger partial charge on any atom is -0.495 e. The maximum absolute atomic E-state index is 13.3. The lowest BCUT2D eigenvalue weighted by Gasteiger charge is -2.30. The first-order chi connectivity index (χ1) is 13.8. The van der Waals surface area contributed by atoms with Crippen LogP contribution in [0.4, 0.5) is 5.69 Å². The van der Waals surface area contributed by atoms with Crippen LogP contribution in [0.1, 0.15) is 46.5 Å². The summed E-state index contributed by atoms with van der Waals surface area (Å²) in [6.07, 6.45) is 0.613. The second kappa shape index (κ2) is 8.25. The number of anilines is 1. The standard InChI is InChI=1S/C22H23ClN2O4/c1-5-12(2)19(25-21(27)14-8-6-7-9-15(14)22(25)28)20(26)24-17-10-13(3)16(23)11-18(17)29-4/h6-12,19H,5H2,1-4H3,(H,24,26). The highest BCUT2D eigenvalue weighted by molar-refractivity contribution is 6.31. The summed E-state index contributed by atoms with van der Waals surface area (Å²) in [5.41, 5.74) is 1.84.